The highest BCUT2D eigenvalue weighted by atomic mass is 19.1. The van der Waals surface area contributed by atoms with Crippen molar-refractivity contribution in [2.45, 2.75) is 68.9 Å². The molecule has 0 spiro atoms. The second kappa shape index (κ2) is 11.7. The maximum atomic E-state index is 17.7. The predicted molar refractivity (Wildman–Crippen MR) is 191 cm³/mol. The first-order valence-corrected chi connectivity index (χ1v) is 18.2. The summed E-state index contributed by atoms with van der Waals surface area (Å²) in [4.78, 5) is 29.0. The van der Waals surface area contributed by atoms with Crippen LogP contribution in [-0.2, 0) is 9.53 Å². The first-order chi connectivity index (χ1) is 25.6. The van der Waals surface area contributed by atoms with E-state index in [1.807, 2.05) is 4.90 Å². The third-order valence-corrected chi connectivity index (χ3v) is 12.0. The van der Waals surface area contributed by atoms with Gasteiger partial charge in [-0.15, -0.1) is 6.42 Å². The van der Waals surface area contributed by atoms with E-state index in [1.165, 1.54) is 24.3 Å². The number of halogens is 3. The molecule has 0 saturated carbocycles. The molecule has 1 amide bonds. The summed E-state index contributed by atoms with van der Waals surface area (Å²) in [5, 5.41) is 12.4. The molecule has 3 aromatic carbocycles. The lowest BCUT2D eigenvalue weighted by Gasteiger charge is -2.41. The number of fused-ring (bicyclic) bond motifs is 7. The Kier molecular flexibility index (Phi) is 7.20. The normalized spacial score (nSPS) is 26.5. The number of piperazine rings is 1. The Bertz CT molecular complexity index is 2410. The van der Waals surface area contributed by atoms with Gasteiger partial charge in [0.15, 0.2) is 11.9 Å². The topological polar surface area (TPSA) is 108 Å². The zero-order valence-electron chi connectivity index (χ0n) is 29.0. The zero-order valence-corrected chi connectivity index (χ0v) is 29.0. The average molecular weight is 724 g/mol. The fourth-order valence-corrected chi connectivity index (χ4v) is 9.68. The number of terminal acetylenes is 1. The van der Waals surface area contributed by atoms with E-state index in [0.717, 1.165) is 32.2 Å². The van der Waals surface area contributed by atoms with Crippen molar-refractivity contribution in [1.82, 2.24) is 19.8 Å². The van der Waals surface area contributed by atoms with E-state index >= 15 is 8.78 Å². The Morgan fingerprint density at radius 2 is 1.92 bits per heavy atom. The summed E-state index contributed by atoms with van der Waals surface area (Å²) in [5.41, 5.74) is -0.385. The highest BCUT2D eigenvalue weighted by Crippen LogP contribution is 2.47. The second-order valence-electron chi connectivity index (χ2n) is 15.2. The Morgan fingerprint density at radius 1 is 1.13 bits per heavy atom. The molecule has 10 rings (SSSR count). The van der Waals surface area contributed by atoms with Crippen LogP contribution < -0.4 is 9.64 Å². The largest absolute Gasteiger partial charge is 0.508 e. The maximum absolute atomic E-state index is 17.7. The van der Waals surface area contributed by atoms with Crippen molar-refractivity contribution in [3.8, 4) is 35.2 Å². The van der Waals surface area contributed by atoms with Gasteiger partial charge in [0, 0.05) is 54.5 Å². The number of hydrogen-bond donors (Lipinski definition) is 1. The quantitative estimate of drug-likeness (QED) is 0.167. The summed E-state index contributed by atoms with van der Waals surface area (Å²) < 4.78 is 65.5. The van der Waals surface area contributed by atoms with Crippen LogP contribution in [0.5, 0.6) is 11.8 Å². The first kappa shape index (κ1) is 32.6. The van der Waals surface area contributed by atoms with Crippen LogP contribution in [0.3, 0.4) is 0 Å². The van der Waals surface area contributed by atoms with Crippen molar-refractivity contribution in [3.05, 3.63) is 53.3 Å². The van der Waals surface area contributed by atoms with Crippen molar-refractivity contribution < 1.29 is 37.0 Å². The number of aromatic nitrogens is 2. The van der Waals surface area contributed by atoms with Gasteiger partial charge in [-0.1, -0.05) is 12.0 Å². The van der Waals surface area contributed by atoms with Crippen LogP contribution in [0.15, 0.2) is 34.7 Å². The summed E-state index contributed by atoms with van der Waals surface area (Å²) in [6.45, 7) is 4.34. The number of phenolic OH excluding ortho intramolecular Hbond substituents is 1. The van der Waals surface area contributed by atoms with Crippen molar-refractivity contribution in [2.75, 3.05) is 44.3 Å². The van der Waals surface area contributed by atoms with Gasteiger partial charge in [-0.3, -0.25) is 9.69 Å². The molecule has 1 N–H and O–H groups in total. The van der Waals surface area contributed by atoms with Gasteiger partial charge in [0.2, 0.25) is 0 Å². The number of furan rings is 1. The minimum absolute atomic E-state index is 0.00136. The van der Waals surface area contributed by atoms with Gasteiger partial charge in [-0.25, -0.2) is 13.2 Å². The molecule has 7 heterocycles. The molecule has 13 heteroatoms. The molecular formula is C40H36F3N5O5. The van der Waals surface area contributed by atoms with E-state index in [2.05, 4.69) is 15.7 Å². The maximum Gasteiger partial charge on any atom is 0.319 e. The van der Waals surface area contributed by atoms with E-state index in [9.17, 15) is 14.3 Å². The third-order valence-electron chi connectivity index (χ3n) is 12.0. The fourth-order valence-electron chi connectivity index (χ4n) is 9.68. The Morgan fingerprint density at radius 3 is 2.68 bits per heavy atom. The number of carbonyl (C=O) groups excluding carboxylic acids is 1. The van der Waals surface area contributed by atoms with Crippen molar-refractivity contribution >= 4 is 44.4 Å². The lowest BCUT2D eigenvalue weighted by atomic mass is 9.91. The number of aryl methyl sites for hydroxylation is 1. The number of anilines is 1. The molecule has 5 aliphatic heterocycles. The molecule has 0 aliphatic carbocycles. The number of carbonyl (C=O) groups is 1. The predicted octanol–water partition coefficient (Wildman–Crippen LogP) is 6.00. The Labute approximate surface area is 302 Å². The number of phenols is 1. The van der Waals surface area contributed by atoms with Gasteiger partial charge in [-0.05, 0) is 68.8 Å². The SMILES string of the molecule is C#Cc1c(F)ccc2cc(O)cc(-c3c(F)c4nc(OC[C@@]56CCCN5C[C@H](F)C6)nc(N5CC6CCC(C5)N6C(=O)C5CO5)c4c4cc(C)oc34)c12. The number of rotatable bonds is 6. The Hall–Kier alpha value is -5.06. The van der Waals surface area contributed by atoms with Gasteiger partial charge in [0.25, 0.3) is 5.91 Å². The minimum Gasteiger partial charge on any atom is -0.508 e. The lowest BCUT2D eigenvalue weighted by Crippen LogP contribution is -2.57. The summed E-state index contributed by atoms with van der Waals surface area (Å²) >= 11 is 0. The highest BCUT2D eigenvalue weighted by molar-refractivity contribution is 6.18. The van der Waals surface area contributed by atoms with Gasteiger partial charge in [0.1, 0.15) is 47.0 Å². The molecular weight excluding hydrogens is 687 g/mol. The number of amides is 1. The van der Waals surface area contributed by atoms with E-state index < -0.39 is 29.4 Å². The number of epoxide rings is 1. The summed E-state index contributed by atoms with van der Waals surface area (Å²) in [6, 6.07) is 7.03. The molecule has 53 heavy (non-hydrogen) atoms. The molecule has 0 radical (unpaired) electrons. The third kappa shape index (κ3) is 4.98. The van der Waals surface area contributed by atoms with E-state index in [4.69, 9.17) is 30.3 Å². The molecule has 272 valence electrons. The van der Waals surface area contributed by atoms with Crippen molar-refractivity contribution in [2.24, 2.45) is 0 Å². The van der Waals surface area contributed by atoms with Crippen molar-refractivity contribution in [3.63, 3.8) is 0 Å². The van der Waals surface area contributed by atoms with Gasteiger partial charge in [-0.2, -0.15) is 9.97 Å². The van der Waals surface area contributed by atoms with Crippen LogP contribution in [0.1, 0.15) is 43.4 Å². The monoisotopic (exact) mass is 723 g/mol. The molecule has 5 aliphatic rings. The summed E-state index contributed by atoms with van der Waals surface area (Å²) in [7, 11) is 0. The fraction of sp³-hybridized carbons (Fsp3) is 0.425. The molecule has 5 atom stereocenters. The zero-order chi connectivity index (χ0) is 36.3. The number of benzene rings is 3. The molecule has 5 saturated heterocycles. The molecule has 5 fully saturated rings. The van der Waals surface area contributed by atoms with Crippen LogP contribution in [0, 0.1) is 30.9 Å². The smallest absolute Gasteiger partial charge is 0.319 e. The van der Waals surface area contributed by atoms with E-state index in [-0.39, 0.29) is 69.5 Å². The highest BCUT2D eigenvalue weighted by Gasteiger charge is 2.50. The molecule has 10 nitrogen and oxygen atoms in total. The standard InChI is InChI=1S/C40H36F3N5O5/c1-3-26-29(42)8-5-21-12-25(49)13-27(31(21)26)32-34(43)35-33(28-11-20(2)53-36(28)32)37(46-16-23-6-7-24(17-46)48(23)38(50)30-18-51-30)45-39(44-35)52-19-40-9-4-10-47(40)15-22(41)14-40/h1,5,8,11-13,22-24,30,49H,4,6-7,9-10,14-19H2,2H3/t22-,23?,24?,30?,40+/m1/s1. The van der Waals surface area contributed by atoms with Gasteiger partial charge >= 0.3 is 6.01 Å². The van der Waals surface area contributed by atoms with E-state index in [1.54, 1.807) is 13.0 Å². The van der Waals surface area contributed by atoms with Gasteiger partial charge in [0.05, 0.1) is 28.7 Å². The van der Waals surface area contributed by atoms with Crippen LogP contribution in [0.2, 0.25) is 0 Å². The van der Waals surface area contributed by atoms with Gasteiger partial charge < -0.3 is 28.8 Å². The Balaban J connectivity index is 1.18. The number of alkyl halides is 1. The molecule has 2 bridgehead atoms. The van der Waals surface area contributed by atoms with E-state index in [0.29, 0.717) is 60.4 Å². The number of ether oxygens (including phenoxy) is 2. The number of aromatic hydroxyl groups is 1. The van der Waals surface area contributed by atoms with Crippen molar-refractivity contribution in [1.29, 1.82) is 0 Å². The number of nitrogens with zero attached hydrogens (tertiary/aromatic N) is 5. The first-order valence-electron chi connectivity index (χ1n) is 18.2. The summed E-state index contributed by atoms with van der Waals surface area (Å²) in [5.74, 6) is 1.70. The lowest BCUT2D eigenvalue weighted by molar-refractivity contribution is -0.135. The second-order valence-corrected chi connectivity index (χ2v) is 15.2. The van der Waals surface area contributed by atoms with Crippen LogP contribution in [-0.4, -0.2) is 100 Å². The van der Waals surface area contributed by atoms with Crippen LogP contribution in [0.25, 0.3) is 43.8 Å². The minimum atomic E-state index is -0.963. The number of hydrogen-bond acceptors (Lipinski definition) is 9. The average Bonchev–Trinajstić information content (AvgIpc) is 3.60. The summed E-state index contributed by atoms with van der Waals surface area (Å²) in [6.07, 6.45) is 8.10. The van der Waals surface area contributed by atoms with Crippen LogP contribution >= 0.6 is 0 Å². The molecule has 3 unspecified atom stereocenters. The molecule has 2 aromatic heterocycles. The molecule has 5 aromatic rings. The van der Waals surface area contributed by atoms with Crippen LogP contribution in [0.4, 0.5) is 19.0 Å².